The molecule has 0 saturated carbocycles. The molecule has 1 aromatic carbocycles. The Balaban J connectivity index is 2.47. The van der Waals surface area contributed by atoms with E-state index in [-0.39, 0.29) is 6.42 Å². The smallest absolute Gasteiger partial charge is 0.345 e. The molecule has 1 aliphatic rings. The fourth-order valence-electron chi connectivity index (χ4n) is 1.85. The summed E-state index contributed by atoms with van der Waals surface area (Å²) < 4.78 is 15.0. The summed E-state index contributed by atoms with van der Waals surface area (Å²) in [4.78, 5) is 22.5. The monoisotopic (exact) mass is 252 g/mol. The van der Waals surface area contributed by atoms with Gasteiger partial charge >= 0.3 is 11.9 Å². The minimum Gasteiger partial charge on any atom is -0.493 e. The highest BCUT2D eigenvalue weighted by Crippen LogP contribution is 2.33. The third kappa shape index (κ3) is 1.97. The van der Waals surface area contributed by atoms with Gasteiger partial charge in [-0.25, -0.2) is 9.59 Å². The molecule has 6 heteroatoms. The Hall–Kier alpha value is -2.24. The van der Waals surface area contributed by atoms with Crippen LogP contribution in [0.5, 0.6) is 11.5 Å². The Labute approximate surface area is 103 Å². The topological polar surface area (TPSA) is 82.1 Å². The van der Waals surface area contributed by atoms with Crippen molar-refractivity contribution in [2.45, 2.75) is 12.5 Å². The van der Waals surface area contributed by atoms with Crippen molar-refractivity contribution in [3.8, 4) is 11.5 Å². The second-order valence-corrected chi connectivity index (χ2v) is 3.80. The van der Waals surface area contributed by atoms with Gasteiger partial charge in [0.05, 0.1) is 19.8 Å². The third-order valence-corrected chi connectivity index (χ3v) is 2.76. The molecule has 18 heavy (non-hydrogen) atoms. The zero-order chi connectivity index (χ0) is 13.3. The van der Waals surface area contributed by atoms with Crippen molar-refractivity contribution in [2.24, 2.45) is 0 Å². The van der Waals surface area contributed by atoms with Gasteiger partial charge in [-0.2, -0.15) is 0 Å². The number of ether oxygens (including phenoxy) is 3. The number of carbonyl (C=O) groups is 2. The van der Waals surface area contributed by atoms with E-state index in [1.54, 1.807) is 6.07 Å². The number of esters is 1. The molecule has 0 unspecified atom stereocenters. The number of hydrogen-bond donors (Lipinski definition) is 1. The van der Waals surface area contributed by atoms with Gasteiger partial charge < -0.3 is 19.3 Å². The normalized spacial score (nSPS) is 17.7. The minimum absolute atomic E-state index is 0.122. The number of cyclic esters (lactones) is 1. The van der Waals surface area contributed by atoms with Gasteiger partial charge in [0.2, 0.25) is 6.10 Å². The Bertz CT molecular complexity index is 508. The predicted molar refractivity (Wildman–Crippen MR) is 60.1 cm³/mol. The van der Waals surface area contributed by atoms with Gasteiger partial charge in [-0.1, -0.05) is 0 Å². The Morgan fingerprint density at radius 1 is 1.33 bits per heavy atom. The molecule has 1 aromatic rings. The van der Waals surface area contributed by atoms with Gasteiger partial charge in [-0.15, -0.1) is 0 Å². The zero-order valence-electron chi connectivity index (χ0n) is 9.93. The molecule has 0 aliphatic carbocycles. The summed E-state index contributed by atoms with van der Waals surface area (Å²) in [6.45, 7) is 0. The van der Waals surface area contributed by atoms with E-state index in [0.717, 1.165) is 0 Å². The van der Waals surface area contributed by atoms with Crippen LogP contribution in [0, 0.1) is 0 Å². The van der Waals surface area contributed by atoms with Crippen LogP contribution in [0.3, 0.4) is 0 Å². The molecule has 0 bridgehead atoms. The van der Waals surface area contributed by atoms with Crippen molar-refractivity contribution in [3.63, 3.8) is 0 Å². The van der Waals surface area contributed by atoms with Gasteiger partial charge in [0, 0.05) is 6.42 Å². The van der Waals surface area contributed by atoms with E-state index in [2.05, 4.69) is 0 Å². The molecule has 0 amide bonds. The van der Waals surface area contributed by atoms with Crippen molar-refractivity contribution in [2.75, 3.05) is 14.2 Å². The van der Waals surface area contributed by atoms with E-state index < -0.39 is 18.0 Å². The Morgan fingerprint density at radius 3 is 2.50 bits per heavy atom. The molecular weight excluding hydrogens is 240 g/mol. The third-order valence-electron chi connectivity index (χ3n) is 2.76. The van der Waals surface area contributed by atoms with E-state index in [1.165, 1.54) is 20.3 Å². The summed E-state index contributed by atoms with van der Waals surface area (Å²) in [6, 6.07) is 3.10. The maximum absolute atomic E-state index is 11.7. The first-order valence-electron chi connectivity index (χ1n) is 5.25. The van der Waals surface area contributed by atoms with Crippen LogP contribution < -0.4 is 9.47 Å². The lowest BCUT2D eigenvalue weighted by molar-refractivity contribution is -0.147. The van der Waals surface area contributed by atoms with Crippen molar-refractivity contribution in [3.05, 3.63) is 23.3 Å². The molecule has 6 nitrogen and oxygen atoms in total. The fourth-order valence-corrected chi connectivity index (χ4v) is 1.85. The average molecular weight is 252 g/mol. The van der Waals surface area contributed by atoms with Crippen LogP contribution in [-0.2, 0) is 16.0 Å². The van der Waals surface area contributed by atoms with Crippen LogP contribution in [0.2, 0.25) is 0 Å². The van der Waals surface area contributed by atoms with Crippen LogP contribution >= 0.6 is 0 Å². The van der Waals surface area contributed by atoms with E-state index in [1.807, 2.05) is 0 Å². The molecule has 2 rings (SSSR count). The summed E-state index contributed by atoms with van der Waals surface area (Å²) in [5.74, 6) is -0.967. The summed E-state index contributed by atoms with van der Waals surface area (Å²) in [5.41, 5.74) is 0.890. The van der Waals surface area contributed by atoms with Crippen molar-refractivity contribution in [1.82, 2.24) is 0 Å². The number of benzene rings is 1. The van der Waals surface area contributed by atoms with Gasteiger partial charge in [-0.3, -0.25) is 0 Å². The standard InChI is InChI=1S/C12H12O6/c1-16-8-3-6-4-10(11(13)14)18-12(15)7(6)5-9(8)17-2/h3,5,10H,4H2,1-2H3,(H,13,14)/t10-/m0/s1. The zero-order valence-corrected chi connectivity index (χ0v) is 9.93. The predicted octanol–water partition coefficient (Wildman–Crippen LogP) is 0.870. The first-order chi connectivity index (χ1) is 8.56. The molecule has 0 fully saturated rings. The number of rotatable bonds is 3. The maximum Gasteiger partial charge on any atom is 0.345 e. The van der Waals surface area contributed by atoms with Crippen LogP contribution in [0.25, 0.3) is 0 Å². The van der Waals surface area contributed by atoms with Crippen LogP contribution in [0.15, 0.2) is 12.1 Å². The highest BCUT2D eigenvalue weighted by molar-refractivity contribution is 5.95. The second kappa shape index (κ2) is 4.56. The van der Waals surface area contributed by atoms with Crippen molar-refractivity contribution < 1.29 is 28.9 Å². The second-order valence-electron chi connectivity index (χ2n) is 3.80. The number of methoxy groups -OCH3 is 2. The molecule has 1 aliphatic heterocycles. The molecule has 96 valence electrons. The number of carbonyl (C=O) groups excluding carboxylic acids is 1. The molecule has 1 N–H and O–H groups in total. The molecule has 0 saturated heterocycles. The number of hydrogen-bond acceptors (Lipinski definition) is 5. The van der Waals surface area contributed by atoms with E-state index >= 15 is 0 Å². The highest BCUT2D eigenvalue weighted by atomic mass is 16.6. The summed E-state index contributed by atoms with van der Waals surface area (Å²) in [6.07, 6.45) is -1.03. The van der Waals surface area contributed by atoms with Crippen molar-refractivity contribution >= 4 is 11.9 Å². The number of carboxylic acid groups (broad SMARTS) is 1. The van der Waals surface area contributed by atoms with Gasteiger partial charge in [0.25, 0.3) is 0 Å². The lowest BCUT2D eigenvalue weighted by Crippen LogP contribution is -2.34. The molecule has 0 radical (unpaired) electrons. The lowest BCUT2D eigenvalue weighted by atomic mass is 9.98. The summed E-state index contributed by atoms with van der Waals surface area (Å²) >= 11 is 0. The van der Waals surface area contributed by atoms with Gasteiger partial charge in [0.15, 0.2) is 11.5 Å². The van der Waals surface area contributed by atoms with Crippen LogP contribution in [-0.4, -0.2) is 37.4 Å². The molecule has 0 spiro atoms. The van der Waals surface area contributed by atoms with Crippen LogP contribution in [0.1, 0.15) is 15.9 Å². The molecule has 0 aromatic heterocycles. The fraction of sp³-hybridized carbons (Fsp3) is 0.333. The Morgan fingerprint density at radius 2 is 1.94 bits per heavy atom. The lowest BCUT2D eigenvalue weighted by Gasteiger charge is -2.22. The maximum atomic E-state index is 11.7. The van der Waals surface area contributed by atoms with Gasteiger partial charge in [-0.05, 0) is 17.7 Å². The minimum atomic E-state index is -1.16. The number of aliphatic carboxylic acids is 1. The molecule has 1 heterocycles. The van der Waals surface area contributed by atoms with E-state index in [9.17, 15) is 9.59 Å². The number of fused-ring (bicyclic) bond motifs is 1. The SMILES string of the molecule is COc1cc2c(cc1OC)C(=O)O[C@H](C(=O)O)C2. The number of carboxylic acids is 1. The quantitative estimate of drug-likeness (QED) is 0.804. The van der Waals surface area contributed by atoms with E-state index in [4.69, 9.17) is 19.3 Å². The van der Waals surface area contributed by atoms with Gasteiger partial charge in [0.1, 0.15) is 0 Å². The highest BCUT2D eigenvalue weighted by Gasteiger charge is 2.32. The molecule has 1 atom stereocenters. The van der Waals surface area contributed by atoms with E-state index in [0.29, 0.717) is 22.6 Å². The Kier molecular flexibility index (Phi) is 3.10. The van der Waals surface area contributed by atoms with Crippen LogP contribution in [0.4, 0.5) is 0 Å². The molecular formula is C12H12O6. The summed E-state index contributed by atoms with van der Waals surface area (Å²) in [7, 11) is 2.93. The first-order valence-corrected chi connectivity index (χ1v) is 5.25. The van der Waals surface area contributed by atoms with Crippen molar-refractivity contribution in [1.29, 1.82) is 0 Å². The average Bonchev–Trinajstić information content (AvgIpc) is 2.36. The largest absolute Gasteiger partial charge is 0.493 e. The first kappa shape index (κ1) is 12.2. The summed E-state index contributed by atoms with van der Waals surface area (Å²) in [5, 5.41) is 8.88.